The van der Waals surface area contributed by atoms with Gasteiger partial charge < -0.3 is 18.9 Å². The molecule has 0 spiro atoms. The molecule has 1 amide bonds. The minimum absolute atomic E-state index is 0.000246. The Morgan fingerprint density at radius 2 is 1.89 bits per heavy atom. The molecule has 7 nitrogen and oxygen atoms in total. The molecule has 38 heavy (non-hydrogen) atoms. The summed E-state index contributed by atoms with van der Waals surface area (Å²) in [5.74, 6) is -0.521. The van der Waals surface area contributed by atoms with Gasteiger partial charge >= 0.3 is 0 Å². The van der Waals surface area contributed by atoms with Gasteiger partial charge in [0.2, 0.25) is 5.43 Å². The molecule has 1 saturated heterocycles. The molecule has 194 valence electrons. The summed E-state index contributed by atoms with van der Waals surface area (Å²) in [7, 11) is 0. The SMILES string of the molecule is C[C@@H]1CCO[C@H]2Cn3cc(-c4ncc(Cc5ccc(F)cc5)s4)c(=O)c(OCc4ccccc4)c3C(=O)N12. The minimum atomic E-state index is -0.401. The van der Waals surface area contributed by atoms with Crippen LogP contribution in [0, 0.1) is 5.82 Å². The molecule has 0 unspecified atom stereocenters. The highest BCUT2D eigenvalue weighted by atomic mass is 32.1. The van der Waals surface area contributed by atoms with Crippen LogP contribution in [-0.4, -0.2) is 39.2 Å². The third-order valence-corrected chi connectivity index (χ3v) is 7.99. The van der Waals surface area contributed by atoms with Crippen molar-refractivity contribution in [3.8, 4) is 16.3 Å². The van der Waals surface area contributed by atoms with Gasteiger partial charge in [-0.05, 0) is 36.6 Å². The molecule has 2 aliphatic heterocycles. The van der Waals surface area contributed by atoms with Crippen molar-refractivity contribution >= 4 is 17.2 Å². The van der Waals surface area contributed by atoms with E-state index in [9.17, 15) is 14.0 Å². The number of thiazole rings is 1. The van der Waals surface area contributed by atoms with Crippen molar-refractivity contribution in [2.24, 2.45) is 0 Å². The molecule has 6 rings (SSSR count). The summed E-state index contributed by atoms with van der Waals surface area (Å²) >= 11 is 1.40. The second-order valence-corrected chi connectivity index (χ2v) is 10.7. The topological polar surface area (TPSA) is 73.7 Å². The first kappa shape index (κ1) is 24.5. The number of hydrogen-bond acceptors (Lipinski definition) is 6. The van der Waals surface area contributed by atoms with Gasteiger partial charge in [0, 0.05) is 29.7 Å². The van der Waals surface area contributed by atoms with Gasteiger partial charge in [-0.2, -0.15) is 0 Å². The zero-order valence-electron chi connectivity index (χ0n) is 20.8. The molecule has 2 aliphatic rings. The summed E-state index contributed by atoms with van der Waals surface area (Å²) < 4.78 is 27.1. The van der Waals surface area contributed by atoms with Crippen molar-refractivity contribution in [2.45, 2.75) is 45.2 Å². The fraction of sp³-hybridized carbons (Fsp3) is 0.276. The zero-order valence-corrected chi connectivity index (χ0v) is 21.6. The van der Waals surface area contributed by atoms with E-state index in [-0.39, 0.29) is 41.2 Å². The molecule has 0 N–H and O–H groups in total. The summed E-state index contributed by atoms with van der Waals surface area (Å²) in [6.45, 7) is 3.13. The van der Waals surface area contributed by atoms with Crippen molar-refractivity contribution in [1.29, 1.82) is 0 Å². The predicted molar refractivity (Wildman–Crippen MR) is 142 cm³/mol. The third-order valence-electron chi connectivity index (χ3n) is 6.96. The lowest BCUT2D eigenvalue weighted by molar-refractivity contribution is -0.112. The highest BCUT2D eigenvalue weighted by Crippen LogP contribution is 2.33. The Bertz CT molecular complexity index is 1530. The van der Waals surface area contributed by atoms with Crippen LogP contribution in [0.2, 0.25) is 0 Å². The number of aromatic nitrogens is 2. The molecule has 0 saturated carbocycles. The van der Waals surface area contributed by atoms with Crippen LogP contribution in [0.15, 0.2) is 71.8 Å². The first-order valence-electron chi connectivity index (χ1n) is 12.6. The zero-order chi connectivity index (χ0) is 26.2. The molecule has 0 bridgehead atoms. The Balaban J connectivity index is 1.40. The first-order valence-corrected chi connectivity index (χ1v) is 13.4. The molecule has 1 fully saturated rings. The number of pyridine rings is 1. The van der Waals surface area contributed by atoms with E-state index in [4.69, 9.17) is 9.47 Å². The van der Waals surface area contributed by atoms with Gasteiger partial charge in [-0.15, -0.1) is 11.3 Å². The number of carbonyl (C=O) groups excluding carboxylic acids is 1. The van der Waals surface area contributed by atoms with Gasteiger partial charge in [0.25, 0.3) is 5.91 Å². The Morgan fingerprint density at radius 3 is 2.68 bits per heavy atom. The number of nitrogens with zero attached hydrogens (tertiary/aromatic N) is 3. The number of fused-ring (bicyclic) bond motifs is 2. The molecule has 4 heterocycles. The lowest BCUT2D eigenvalue weighted by Crippen LogP contribution is -2.57. The number of carbonyl (C=O) groups is 1. The van der Waals surface area contributed by atoms with Gasteiger partial charge in [-0.1, -0.05) is 42.5 Å². The summed E-state index contributed by atoms with van der Waals surface area (Å²) in [4.78, 5) is 34.7. The van der Waals surface area contributed by atoms with Crippen molar-refractivity contribution < 1.29 is 18.7 Å². The molecule has 0 radical (unpaired) electrons. The lowest BCUT2D eigenvalue weighted by Gasteiger charge is -2.44. The van der Waals surface area contributed by atoms with Crippen molar-refractivity contribution in [1.82, 2.24) is 14.5 Å². The van der Waals surface area contributed by atoms with E-state index in [0.717, 1.165) is 22.4 Å². The molecule has 2 atom stereocenters. The number of rotatable bonds is 6. The third kappa shape index (κ3) is 4.63. The van der Waals surface area contributed by atoms with Crippen LogP contribution in [0.4, 0.5) is 4.39 Å². The summed E-state index contributed by atoms with van der Waals surface area (Å²) in [5, 5.41) is 0.541. The largest absolute Gasteiger partial charge is 0.483 e. The van der Waals surface area contributed by atoms with Crippen LogP contribution in [0.3, 0.4) is 0 Å². The van der Waals surface area contributed by atoms with Crippen LogP contribution in [0.25, 0.3) is 10.6 Å². The Kier molecular flexibility index (Phi) is 6.55. The average molecular weight is 532 g/mol. The van der Waals surface area contributed by atoms with Gasteiger partial charge in [-0.3, -0.25) is 9.59 Å². The van der Waals surface area contributed by atoms with Crippen LogP contribution >= 0.6 is 11.3 Å². The molecule has 2 aromatic heterocycles. The fourth-order valence-electron chi connectivity index (χ4n) is 4.98. The number of hydrogen-bond donors (Lipinski definition) is 0. The molecule has 4 aromatic rings. The maximum Gasteiger partial charge on any atom is 0.276 e. The quantitative estimate of drug-likeness (QED) is 0.355. The van der Waals surface area contributed by atoms with Gasteiger partial charge in [-0.25, -0.2) is 9.37 Å². The van der Waals surface area contributed by atoms with E-state index in [1.807, 2.05) is 37.3 Å². The highest BCUT2D eigenvalue weighted by molar-refractivity contribution is 7.15. The van der Waals surface area contributed by atoms with E-state index >= 15 is 0 Å². The summed E-state index contributed by atoms with van der Waals surface area (Å²) in [5.41, 5.74) is 2.09. The Hall–Kier alpha value is -3.82. The Morgan fingerprint density at radius 1 is 1.11 bits per heavy atom. The molecule has 2 aromatic carbocycles. The van der Waals surface area contributed by atoms with Crippen molar-refractivity contribution in [3.63, 3.8) is 0 Å². The fourth-order valence-corrected chi connectivity index (χ4v) is 5.93. The normalized spacial score (nSPS) is 18.7. The second kappa shape index (κ2) is 10.2. The van der Waals surface area contributed by atoms with Crippen LogP contribution < -0.4 is 10.2 Å². The molecular weight excluding hydrogens is 505 g/mol. The molecular formula is C29H26FN3O4S. The van der Waals surface area contributed by atoms with E-state index in [2.05, 4.69) is 4.98 Å². The van der Waals surface area contributed by atoms with Crippen molar-refractivity contribution in [3.05, 3.63) is 105 Å². The number of ether oxygens (including phenoxy) is 2. The molecule has 0 aliphatic carbocycles. The predicted octanol–water partition coefficient (Wildman–Crippen LogP) is 4.87. The van der Waals surface area contributed by atoms with Crippen LogP contribution in [-0.2, 0) is 24.3 Å². The van der Waals surface area contributed by atoms with E-state index in [1.165, 1.54) is 23.5 Å². The smallest absolute Gasteiger partial charge is 0.276 e. The Labute approximate surface area is 223 Å². The van der Waals surface area contributed by atoms with E-state index < -0.39 is 6.23 Å². The van der Waals surface area contributed by atoms with Crippen molar-refractivity contribution in [2.75, 3.05) is 6.61 Å². The first-order chi connectivity index (χ1) is 18.5. The highest BCUT2D eigenvalue weighted by Gasteiger charge is 2.41. The van der Waals surface area contributed by atoms with Gasteiger partial charge in [0.15, 0.2) is 17.7 Å². The maximum atomic E-state index is 13.8. The van der Waals surface area contributed by atoms with Crippen LogP contribution in [0.1, 0.15) is 39.8 Å². The van der Waals surface area contributed by atoms with E-state index in [1.54, 1.807) is 34.0 Å². The summed E-state index contributed by atoms with van der Waals surface area (Å²) in [6, 6.07) is 15.9. The van der Waals surface area contributed by atoms with Gasteiger partial charge in [0.1, 0.15) is 17.4 Å². The van der Waals surface area contributed by atoms with E-state index in [0.29, 0.717) is 30.1 Å². The molecule has 9 heteroatoms. The van der Waals surface area contributed by atoms with Crippen LogP contribution in [0.5, 0.6) is 5.75 Å². The minimum Gasteiger partial charge on any atom is -0.483 e. The number of benzene rings is 2. The summed E-state index contributed by atoms with van der Waals surface area (Å²) in [6.07, 6.45) is 4.34. The number of amides is 1. The number of halogens is 1. The monoisotopic (exact) mass is 531 g/mol. The van der Waals surface area contributed by atoms with Gasteiger partial charge in [0.05, 0.1) is 18.7 Å². The second-order valence-electron chi connectivity index (χ2n) is 9.59. The maximum absolute atomic E-state index is 13.8. The standard InChI is InChI=1S/C29H26FN3O4S/c1-18-11-12-36-24-16-32-15-23(28-31-14-22(38-28)13-19-7-9-21(30)10-8-19)26(34)27(25(32)29(35)33(18)24)37-17-20-5-3-2-4-6-20/h2-10,14-15,18,24H,11-13,16-17H2,1H3/t18-,24+/m1/s1. The average Bonchev–Trinajstić information content (AvgIpc) is 3.38. The lowest BCUT2D eigenvalue weighted by atomic mass is 10.1.